The third-order valence-corrected chi connectivity index (χ3v) is 3.51. The molecule has 0 radical (unpaired) electrons. The van der Waals surface area contributed by atoms with Crippen molar-refractivity contribution in [2.45, 2.75) is 0 Å². The van der Waals surface area contributed by atoms with Crippen LogP contribution in [0.1, 0.15) is 0 Å². The van der Waals surface area contributed by atoms with Crippen LogP contribution in [0.4, 0.5) is 5.69 Å². The summed E-state index contributed by atoms with van der Waals surface area (Å²) in [6.07, 6.45) is 0. The topological polar surface area (TPSA) is 95.1 Å². The molecule has 144 valence electrons. The second-order valence-electron chi connectivity index (χ2n) is 5.39. The zero-order valence-corrected chi connectivity index (χ0v) is 15.4. The molecule has 2 aromatic carbocycles. The molecule has 0 saturated carbocycles. The molecule has 0 fully saturated rings. The van der Waals surface area contributed by atoms with Gasteiger partial charge in [0.2, 0.25) is 5.91 Å². The quantitative estimate of drug-likeness (QED) is 0.696. The number of rotatable bonds is 9. The first-order valence-electron chi connectivity index (χ1n) is 8.10. The summed E-state index contributed by atoms with van der Waals surface area (Å²) in [4.78, 5) is 23.8. The molecule has 2 N–H and O–H groups in total. The van der Waals surface area contributed by atoms with Gasteiger partial charge in [-0.3, -0.25) is 9.59 Å². The summed E-state index contributed by atoms with van der Waals surface area (Å²) in [5.74, 6) is 1.51. The SMILES string of the molecule is COc1ccc(OCC(=O)NCC(=O)Nc2cc(OC)cc(OC)c2)cc1. The zero-order valence-electron chi connectivity index (χ0n) is 15.4. The molecule has 2 rings (SSSR count). The molecule has 2 amide bonds. The lowest BCUT2D eigenvalue weighted by molar-refractivity contribution is -0.125. The zero-order chi connectivity index (χ0) is 19.6. The van der Waals surface area contributed by atoms with Crippen LogP contribution < -0.4 is 29.6 Å². The minimum absolute atomic E-state index is 0.190. The lowest BCUT2D eigenvalue weighted by atomic mass is 10.2. The lowest BCUT2D eigenvalue weighted by Crippen LogP contribution is -2.35. The van der Waals surface area contributed by atoms with Gasteiger partial charge in [0.15, 0.2) is 6.61 Å². The largest absolute Gasteiger partial charge is 0.497 e. The minimum Gasteiger partial charge on any atom is -0.497 e. The molecule has 8 nitrogen and oxygen atoms in total. The maximum atomic E-state index is 12.0. The summed E-state index contributed by atoms with van der Waals surface area (Å²) in [6, 6.07) is 11.8. The molecule has 2 aromatic rings. The number of amides is 2. The van der Waals surface area contributed by atoms with Gasteiger partial charge in [0, 0.05) is 23.9 Å². The predicted octanol–water partition coefficient (Wildman–Crippen LogP) is 1.85. The summed E-state index contributed by atoms with van der Waals surface area (Å²) < 4.78 is 20.7. The highest BCUT2D eigenvalue weighted by molar-refractivity contribution is 5.95. The molecule has 8 heteroatoms. The van der Waals surface area contributed by atoms with Crippen molar-refractivity contribution in [3.63, 3.8) is 0 Å². The summed E-state index contributed by atoms with van der Waals surface area (Å²) in [6.45, 7) is -0.392. The fraction of sp³-hybridized carbons (Fsp3) is 0.263. The number of anilines is 1. The van der Waals surface area contributed by atoms with Crippen LogP contribution in [0.2, 0.25) is 0 Å². The van der Waals surface area contributed by atoms with Crippen molar-refractivity contribution in [3.05, 3.63) is 42.5 Å². The number of carbonyl (C=O) groups excluding carboxylic acids is 2. The normalized spacial score (nSPS) is 9.89. The molecule has 27 heavy (non-hydrogen) atoms. The summed E-state index contributed by atoms with van der Waals surface area (Å²) in [5.41, 5.74) is 0.500. The molecule has 0 aliphatic rings. The highest BCUT2D eigenvalue weighted by atomic mass is 16.5. The molecule has 0 atom stereocenters. The molecular formula is C19H22N2O6. The van der Waals surface area contributed by atoms with E-state index in [1.165, 1.54) is 14.2 Å². The predicted molar refractivity (Wildman–Crippen MR) is 99.7 cm³/mol. The summed E-state index contributed by atoms with van der Waals surface area (Å²) >= 11 is 0. The molecule has 0 bridgehead atoms. The molecule has 0 aliphatic carbocycles. The maximum absolute atomic E-state index is 12.0. The second kappa shape index (κ2) is 9.91. The van der Waals surface area contributed by atoms with Crippen LogP contribution in [0.15, 0.2) is 42.5 Å². The first-order valence-corrected chi connectivity index (χ1v) is 8.10. The number of ether oxygens (including phenoxy) is 4. The van der Waals surface area contributed by atoms with Crippen LogP contribution in [0.5, 0.6) is 23.0 Å². The van der Waals surface area contributed by atoms with Crippen LogP contribution in [-0.2, 0) is 9.59 Å². The number of hydrogen-bond donors (Lipinski definition) is 2. The van der Waals surface area contributed by atoms with Crippen molar-refractivity contribution in [3.8, 4) is 23.0 Å². The molecule has 0 heterocycles. The molecule has 0 saturated heterocycles. The van der Waals surface area contributed by atoms with Gasteiger partial charge in [0.1, 0.15) is 23.0 Å². The van der Waals surface area contributed by atoms with E-state index in [2.05, 4.69) is 10.6 Å². The van der Waals surface area contributed by atoms with Crippen molar-refractivity contribution in [2.24, 2.45) is 0 Å². The Morgan fingerprint density at radius 1 is 0.778 bits per heavy atom. The molecular weight excluding hydrogens is 352 g/mol. The van der Waals surface area contributed by atoms with E-state index in [1.807, 2.05) is 0 Å². The van der Waals surface area contributed by atoms with Gasteiger partial charge in [-0.25, -0.2) is 0 Å². The van der Waals surface area contributed by atoms with E-state index in [4.69, 9.17) is 18.9 Å². The molecule has 0 spiro atoms. The maximum Gasteiger partial charge on any atom is 0.258 e. The average Bonchev–Trinajstić information content (AvgIpc) is 2.70. The van der Waals surface area contributed by atoms with Crippen LogP contribution >= 0.6 is 0 Å². The van der Waals surface area contributed by atoms with Crippen LogP contribution in [0.3, 0.4) is 0 Å². The summed E-state index contributed by atoms with van der Waals surface area (Å²) in [7, 11) is 4.60. The van der Waals surface area contributed by atoms with Crippen LogP contribution in [-0.4, -0.2) is 46.3 Å². The summed E-state index contributed by atoms with van der Waals surface area (Å²) in [5, 5.41) is 5.15. The van der Waals surface area contributed by atoms with Gasteiger partial charge in [-0.2, -0.15) is 0 Å². The smallest absolute Gasteiger partial charge is 0.258 e. The van der Waals surface area contributed by atoms with Gasteiger partial charge in [-0.15, -0.1) is 0 Å². The highest BCUT2D eigenvalue weighted by Gasteiger charge is 2.09. The Labute approximate surface area is 157 Å². The fourth-order valence-electron chi connectivity index (χ4n) is 2.14. The van der Waals surface area contributed by atoms with Crippen molar-refractivity contribution in [1.82, 2.24) is 5.32 Å². The number of hydrogen-bond acceptors (Lipinski definition) is 6. The van der Waals surface area contributed by atoms with E-state index in [1.54, 1.807) is 49.6 Å². The molecule has 0 unspecified atom stereocenters. The third-order valence-electron chi connectivity index (χ3n) is 3.51. The second-order valence-corrected chi connectivity index (χ2v) is 5.39. The van der Waals surface area contributed by atoms with E-state index in [0.29, 0.717) is 28.7 Å². The van der Waals surface area contributed by atoms with Gasteiger partial charge in [0.05, 0.1) is 27.9 Å². The minimum atomic E-state index is -0.413. The van der Waals surface area contributed by atoms with Gasteiger partial charge < -0.3 is 29.6 Å². The van der Waals surface area contributed by atoms with E-state index in [9.17, 15) is 9.59 Å². The number of methoxy groups -OCH3 is 3. The Kier molecular flexibility index (Phi) is 7.30. The third kappa shape index (κ3) is 6.43. The monoisotopic (exact) mass is 374 g/mol. The van der Waals surface area contributed by atoms with E-state index in [-0.39, 0.29) is 19.1 Å². The highest BCUT2D eigenvalue weighted by Crippen LogP contribution is 2.25. The van der Waals surface area contributed by atoms with Gasteiger partial charge in [-0.05, 0) is 24.3 Å². The first-order chi connectivity index (χ1) is 13.0. The Balaban J connectivity index is 1.78. The van der Waals surface area contributed by atoms with E-state index >= 15 is 0 Å². The van der Waals surface area contributed by atoms with Gasteiger partial charge in [0.25, 0.3) is 5.91 Å². The average molecular weight is 374 g/mol. The Morgan fingerprint density at radius 2 is 1.33 bits per heavy atom. The van der Waals surface area contributed by atoms with Crippen molar-refractivity contribution in [1.29, 1.82) is 0 Å². The number of carbonyl (C=O) groups is 2. The van der Waals surface area contributed by atoms with Crippen LogP contribution in [0.25, 0.3) is 0 Å². The number of benzene rings is 2. The van der Waals surface area contributed by atoms with E-state index < -0.39 is 5.91 Å². The van der Waals surface area contributed by atoms with E-state index in [0.717, 1.165) is 0 Å². The Hall–Kier alpha value is -3.42. The first kappa shape index (κ1) is 19.9. The van der Waals surface area contributed by atoms with Crippen molar-refractivity contribution >= 4 is 17.5 Å². The van der Waals surface area contributed by atoms with Crippen molar-refractivity contribution in [2.75, 3.05) is 39.8 Å². The Morgan fingerprint density at radius 3 is 1.89 bits per heavy atom. The standard InChI is InChI=1S/C19H22N2O6/c1-24-14-4-6-15(7-5-14)27-12-19(23)20-11-18(22)21-13-8-16(25-2)10-17(9-13)26-3/h4-10H,11-12H2,1-3H3,(H,20,23)(H,21,22). The molecule has 0 aliphatic heterocycles. The van der Waals surface area contributed by atoms with Gasteiger partial charge >= 0.3 is 0 Å². The Bertz CT molecular complexity index is 754. The van der Waals surface area contributed by atoms with Crippen LogP contribution in [0, 0.1) is 0 Å². The van der Waals surface area contributed by atoms with Gasteiger partial charge in [-0.1, -0.05) is 0 Å². The fourth-order valence-corrected chi connectivity index (χ4v) is 2.14. The van der Waals surface area contributed by atoms with Crippen molar-refractivity contribution < 1.29 is 28.5 Å². The number of nitrogens with one attached hydrogen (secondary N) is 2. The lowest BCUT2D eigenvalue weighted by Gasteiger charge is -2.11. The molecule has 0 aromatic heterocycles.